The smallest absolute Gasteiger partial charge is 0.211 e. The normalized spacial score (nSPS) is 10.6. The third-order valence-electron chi connectivity index (χ3n) is 3.97. The van der Waals surface area contributed by atoms with E-state index in [2.05, 4.69) is 0 Å². The number of rotatable bonds is 5. The molecule has 2 aromatic carbocycles. The maximum Gasteiger partial charge on any atom is 0.211 e. The van der Waals surface area contributed by atoms with Crippen LogP contribution < -0.4 is 24.4 Å². The molecule has 0 saturated carbocycles. The second-order valence-electron chi connectivity index (χ2n) is 5.36. The summed E-state index contributed by atoms with van der Waals surface area (Å²) in [5, 5.41) is 9.63. The first-order valence-corrected chi connectivity index (χ1v) is 7.68. The van der Waals surface area contributed by atoms with Gasteiger partial charge >= 0.3 is 0 Å². The van der Waals surface area contributed by atoms with Gasteiger partial charge in [0.2, 0.25) is 17.2 Å². The predicted octanol–water partition coefficient (Wildman–Crippen LogP) is 3.20. The first-order valence-electron chi connectivity index (χ1n) is 7.68. The van der Waals surface area contributed by atoms with Crippen LogP contribution in [0.25, 0.3) is 22.3 Å². The lowest BCUT2D eigenvalue weighted by Gasteiger charge is -2.17. The topological polar surface area (TPSA) is 87.4 Å². The Hall–Kier alpha value is -3.35. The molecule has 0 aliphatic carbocycles. The van der Waals surface area contributed by atoms with Gasteiger partial charge in [-0.15, -0.1) is 0 Å². The van der Waals surface area contributed by atoms with Crippen molar-refractivity contribution in [3.63, 3.8) is 0 Å². The van der Waals surface area contributed by atoms with Gasteiger partial charge in [-0.05, 0) is 24.3 Å². The minimum atomic E-state index is -0.328. The van der Waals surface area contributed by atoms with Crippen molar-refractivity contribution in [2.45, 2.75) is 0 Å². The molecule has 0 aliphatic rings. The van der Waals surface area contributed by atoms with E-state index in [1.807, 2.05) is 0 Å². The first kappa shape index (κ1) is 17.5. The Labute approximate surface area is 149 Å². The maximum atomic E-state index is 12.8. The fourth-order valence-corrected chi connectivity index (χ4v) is 2.81. The van der Waals surface area contributed by atoms with Crippen molar-refractivity contribution in [1.82, 2.24) is 0 Å². The molecule has 0 aliphatic heterocycles. The van der Waals surface area contributed by atoms with E-state index in [1.165, 1.54) is 46.6 Å². The molecule has 7 heteroatoms. The zero-order valence-electron chi connectivity index (χ0n) is 14.8. The average Bonchev–Trinajstić information content (AvgIpc) is 2.66. The van der Waals surface area contributed by atoms with Crippen molar-refractivity contribution >= 4 is 11.0 Å². The van der Waals surface area contributed by atoms with E-state index in [-0.39, 0.29) is 45.1 Å². The zero-order valence-corrected chi connectivity index (χ0v) is 14.8. The predicted molar refractivity (Wildman–Crippen MR) is 95.8 cm³/mol. The summed E-state index contributed by atoms with van der Waals surface area (Å²) in [5.74, 6) is 1.34. The molecule has 1 aromatic heterocycles. The fourth-order valence-electron chi connectivity index (χ4n) is 2.81. The molecule has 0 atom stereocenters. The van der Waals surface area contributed by atoms with Gasteiger partial charge in [0.15, 0.2) is 16.8 Å². The monoisotopic (exact) mass is 358 g/mol. The molecule has 3 aromatic rings. The van der Waals surface area contributed by atoms with E-state index < -0.39 is 0 Å². The van der Waals surface area contributed by atoms with Crippen molar-refractivity contribution in [1.29, 1.82) is 0 Å². The summed E-state index contributed by atoms with van der Waals surface area (Å²) in [5.41, 5.74) is 0.473. The Morgan fingerprint density at radius 1 is 0.808 bits per heavy atom. The molecule has 0 amide bonds. The van der Waals surface area contributed by atoms with E-state index in [4.69, 9.17) is 23.4 Å². The molecule has 3 rings (SSSR count). The van der Waals surface area contributed by atoms with Gasteiger partial charge in [0, 0.05) is 11.6 Å². The van der Waals surface area contributed by atoms with Gasteiger partial charge in [0.1, 0.15) is 16.9 Å². The molecule has 0 radical (unpaired) electrons. The molecule has 0 bridgehead atoms. The summed E-state index contributed by atoms with van der Waals surface area (Å²) < 4.78 is 27.5. The molecule has 1 N–H and O–H groups in total. The summed E-state index contributed by atoms with van der Waals surface area (Å²) in [6, 6.07) is 7.65. The Bertz CT molecular complexity index is 1000. The Balaban J connectivity index is 2.43. The summed E-state index contributed by atoms with van der Waals surface area (Å²) in [4.78, 5) is 12.8. The van der Waals surface area contributed by atoms with Crippen LogP contribution in [0, 0.1) is 0 Å². The highest BCUT2D eigenvalue weighted by molar-refractivity contribution is 5.95. The van der Waals surface area contributed by atoms with Gasteiger partial charge in [-0.25, -0.2) is 0 Å². The van der Waals surface area contributed by atoms with Crippen molar-refractivity contribution in [2.75, 3.05) is 28.4 Å². The third kappa shape index (κ3) is 2.67. The quantitative estimate of drug-likeness (QED) is 0.749. The van der Waals surface area contributed by atoms with E-state index in [0.29, 0.717) is 11.3 Å². The van der Waals surface area contributed by atoms with Gasteiger partial charge in [-0.3, -0.25) is 4.79 Å². The number of methoxy groups -OCH3 is 4. The number of hydrogen-bond donors (Lipinski definition) is 1. The van der Waals surface area contributed by atoms with Crippen LogP contribution in [0.2, 0.25) is 0 Å². The first-order chi connectivity index (χ1) is 12.5. The largest absolute Gasteiger partial charge is 0.508 e. The van der Waals surface area contributed by atoms with Crippen LogP contribution in [0.5, 0.6) is 28.7 Å². The van der Waals surface area contributed by atoms with Crippen LogP contribution in [-0.2, 0) is 0 Å². The van der Waals surface area contributed by atoms with Gasteiger partial charge in [0.05, 0.1) is 28.4 Å². The molecule has 0 spiro atoms. The highest BCUT2D eigenvalue weighted by atomic mass is 16.5. The molecular formula is C19H18O7. The van der Waals surface area contributed by atoms with Crippen LogP contribution in [0.4, 0.5) is 0 Å². The second-order valence-corrected chi connectivity index (χ2v) is 5.36. The minimum Gasteiger partial charge on any atom is -0.508 e. The van der Waals surface area contributed by atoms with E-state index in [9.17, 15) is 9.90 Å². The average molecular weight is 358 g/mol. The summed E-state index contributed by atoms with van der Waals surface area (Å²) in [6.45, 7) is 0. The van der Waals surface area contributed by atoms with Crippen LogP contribution in [0.3, 0.4) is 0 Å². The number of fused-ring (bicyclic) bond motifs is 1. The SMILES string of the molecule is COc1c(OC)c(OC)c2c(=O)cc(-c3ccc(O)cc3)oc2c1OC. The lowest BCUT2D eigenvalue weighted by molar-refractivity contribution is 0.307. The third-order valence-corrected chi connectivity index (χ3v) is 3.97. The van der Waals surface area contributed by atoms with Gasteiger partial charge in [0.25, 0.3) is 0 Å². The second kappa shape index (κ2) is 6.87. The Kier molecular flexibility index (Phi) is 4.62. The van der Waals surface area contributed by atoms with Crippen LogP contribution in [-0.4, -0.2) is 33.5 Å². The van der Waals surface area contributed by atoms with Crippen molar-refractivity contribution < 1.29 is 28.5 Å². The molecule has 0 fully saturated rings. The molecular weight excluding hydrogens is 340 g/mol. The lowest BCUT2D eigenvalue weighted by atomic mass is 10.1. The van der Waals surface area contributed by atoms with Gasteiger partial charge in [-0.1, -0.05) is 0 Å². The number of ether oxygens (including phenoxy) is 4. The Morgan fingerprint density at radius 3 is 1.88 bits per heavy atom. The molecule has 1 heterocycles. The zero-order chi connectivity index (χ0) is 18.8. The van der Waals surface area contributed by atoms with Crippen LogP contribution in [0.15, 0.2) is 39.5 Å². The van der Waals surface area contributed by atoms with Crippen molar-refractivity contribution in [2.24, 2.45) is 0 Å². The minimum absolute atomic E-state index is 0.113. The van der Waals surface area contributed by atoms with Crippen LogP contribution >= 0.6 is 0 Å². The van der Waals surface area contributed by atoms with E-state index >= 15 is 0 Å². The number of benzene rings is 2. The highest BCUT2D eigenvalue weighted by Crippen LogP contribution is 2.50. The number of hydrogen-bond acceptors (Lipinski definition) is 7. The van der Waals surface area contributed by atoms with Gasteiger partial charge < -0.3 is 28.5 Å². The van der Waals surface area contributed by atoms with E-state index in [0.717, 1.165) is 0 Å². The summed E-state index contributed by atoms with van der Waals surface area (Å²) in [6.07, 6.45) is 0. The standard InChI is InChI=1S/C19H18O7/c1-22-15-14-12(21)9-13(10-5-7-11(20)8-6-10)26-16(14)18(24-3)19(25-4)17(15)23-2/h5-9,20H,1-4H3. The molecule has 136 valence electrons. The highest BCUT2D eigenvalue weighted by Gasteiger charge is 2.27. The molecule has 0 unspecified atom stereocenters. The molecule has 7 nitrogen and oxygen atoms in total. The molecule has 26 heavy (non-hydrogen) atoms. The number of phenols is 1. The number of aromatic hydroxyl groups is 1. The van der Waals surface area contributed by atoms with Crippen LogP contribution in [0.1, 0.15) is 0 Å². The fraction of sp³-hybridized carbons (Fsp3) is 0.211. The number of phenolic OH excluding ortho intramolecular Hbond substituents is 1. The summed E-state index contributed by atoms with van der Waals surface area (Å²) >= 11 is 0. The summed E-state index contributed by atoms with van der Waals surface area (Å²) in [7, 11) is 5.76. The molecule has 0 saturated heterocycles. The lowest BCUT2D eigenvalue weighted by Crippen LogP contribution is -2.07. The Morgan fingerprint density at radius 2 is 1.35 bits per heavy atom. The maximum absolute atomic E-state index is 12.8. The van der Waals surface area contributed by atoms with E-state index in [1.54, 1.807) is 12.1 Å². The van der Waals surface area contributed by atoms with Crippen molar-refractivity contribution in [3.8, 4) is 40.1 Å². The van der Waals surface area contributed by atoms with Crippen molar-refractivity contribution in [3.05, 3.63) is 40.6 Å². The van der Waals surface area contributed by atoms with Gasteiger partial charge in [-0.2, -0.15) is 0 Å².